The molecule has 1 aromatic heterocycles. The highest BCUT2D eigenvalue weighted by Crippen LogP contribution is 2.32. The van der Waals surface area contributed by atoms with E-state index in [9.17, 15) is 0 Å². The third-order valence-corrected chi connectivity index (χ3v) is 3.70. The van der Waals surface area contributed by atoms with Crippen LogP contribution in [0.4, 0.5) is 5.00 Å². The molecule has 0 saturated heterocycles. The number of halogens is 1. The molecule has 0 radical (unpaired) electrons. The quantitative estimate of drug-likeness (QED) is 0.926. The highest BCUT2D eigenvalue weighted by Gasteiger charge is 2.10. The van der Waals surface area contributed by atoms with E-state index in [2.05, 4.69) is 27.8 Å². The number of nitrogen functional groups attached to an aromatic ring is 1. The average Bonchev–Trinajstić information content (AvgIpc) is 2.60. The molecule has 4 heteroatoms. The minimum Gasteiger partial charge on any atom is -0.389 e. The zero-order valence-corrected chi connectivity index (χ0v) is 11.4. The van der Waals surface area contributed by atoms with Gasteiger partial charge in [-0.1, -0.05) is 35.0 Å². The summed E-state index contributed by atoms with van der Waals surface area (Å²) in [5, 5.41) is 1.93. The van der Waals surface area contributed by atoms with Crippen molar-refractivity contribution in [3.05, 3.63) is 33.7 Å². The monoisotopic (exact) mass is 296 g/mol. The fraction of sp³-hybridized carbons (Fsp3) is 0.250. The van der Waals surface area contributed by atoms with E-state index >= 15 is 0 Å². The normalized spacial score (nSPS) is 10.6. The van der Waals surface area contributed by atoms with Crippen LogP contribution in [0.25, 0.3) is 11.3 Å². The molecule has 2 nitrogen and oxygen atoms in total. The number of nitrogens with two attached hydrogens (primary N) is 1. The van der Waals surface area contributed by atoms with Crippen molar-refractivity contribution < 1.29 is 0 Å². The maximum absolute atomic E-state index is 5.99. The summed E-state index contributed by atoms with van der Waals surface area (Å²) in [6.07, 6.45) is 2.10. The van der Waals surface area contributed by atoms with E-state index < -0.39 is 0 Å². The van der Waals surface area contributed by atoms with Crippen LogP contribution in [-0.2, 0) is 6.42 Å². The molecule has 0 fully saturated rings. The van der Waals surface area contributed by atoms with Gasteiger partial charge in [-0.2, -0.15) is 0 Å². The fourth-order valence-electron chi connectivity index (χ4n) is 1.54. The third kappa shape index (κ3) is 2.44. The number of benzene rings is 1. The Bertz CT molecular complexity index is 494. The smallest absolute Gasteiger partial charge is 0.114 e. The SMILES string of the molecule is CCCc1nc(-c2cccc(Br)c2)c(N)s1. The van der Waals surface area contributed by atoms with Crippen LogP contribution in [-0.4, -0.2) is 4.98 Å². The van der Waals surface area contributed by atoms with Gasteiger partial charge in [0, 0.05) is 10.0 Å². The molecule has 2 aromatic rings. The number of aryl methyl sites for hydroxylation is 1. The zero-order chi connectivity index (χ0) is 11.5. The van der Waals surface area contributed by atoms with Crippen molar-refractivity contribution in [2.75, 3.05) is 5.73 Å². The Kier molecular flexibility index (Phi) is 3.61. The summed E-state index contributed by atoms with van der Waals surface area (Å²) in [5.41, 5.74) is 7.98. The van der Waals surface area contributed by atoms with Gasteiger partial charge in [-0.3, -0.25) is 0 Å². The Morgan fingerprint density at radius 1 is 1.44 bits per heavy atom. The average molecular weight is 297 g/mol. The van der Waals surface area contributed by atoms with Crippen molar-refractivity contribution in [3.63, 3.8) is 0 Å². The second kappa shape index (κ2) is 4.97. The van der Waals surface area contributed by atoms with Crippen LogP contribution in [0.3, 0.4) is 0 Å². The molecule has 1 heterocycles. The Balaban J connectivity index is 2.40. The molecule has 0 aliphatic carbocycles. The van der Waals surface area contributed by atoms with Gasteiger partial charge in [0.05, 0.1) is 5.01 Å². The van der Waals surface area contributed by atoms with Crippen molar-refractivity contribution in [1.29, 1.82) is 0 Å². The van der Waals surface area contributed by atoms with Crippen molar-refractivity contribution in [1.82, 2.24) is 4.98 Å². The molecule has 0 atom stereocenters. The highest BCUT2D eigenvalue weighted by atomic mass is 79.9. The second-order valence-corrected chi connectivity index (χ2v) is 5.61. The number of aromatic nitrogens is 1. The number of hydrogen-bond acceptors (Lipinski definition) is 3. The van der Waals surface area contributed by atoms with Crippen molar-refractivity contribution in [2.45, 2.75) is 19.8 Å². The van der Waals surface area contributed by atoms with E-state index in [1.165, 1.54) is 0 Å². The lowest BCUT2D eigenvalue weighted by molar-refractivity contribution is 0.910. The van der Waals surface area contributed by atoms with Gasteiger partial charge >= 0.3 is 0 Å². The Hall–Kier alpha value is -0.870. The summed E-state index contributed by atoms with van der Waals surface area (Å²) in [5.74, 6) is 0. The Morgan fingerprint density at radius 3 is 2.94 bits per heavy atom. The number of thiazole rings is 1. The van der Waals surface area contributed by atoms with Crippen LogP contribution in [0.1, 0.15) is 18.4 Å². The number of hydrogen-bond donors (Lipinski definition) is 1. The Morgan fingerprint density at radius 2 is 2.25 bits per heavy atom. The fourth-order valence-corrected chi connectivity index (χ4v) is 2.90. The lowest BCUT2D eigenvalue weighted by Crippen LogP contribution is -1.86. The van der Waals surface area contributed by atoms with Gasteiger partial charge in [-0.05, 0) is 25.0 Å². The molecule has 84 valence electrons. The molecule has 1 aromatic carbocycles. The zero-order valence-electron chi connectivity index (χ0n) is 9.03. The van der Waals surface area contributed by atoms with Gasteiger partial charge in [0.15, 0.2) is 0 Å². The maximum Gasteiger partial charge on any atom is 0.114 e. The largest absolute Gasteiger partial charge is 0.389 e. The molecule has 0 aliphatic rings. The summed E-state index contributed by atoms with van der Waals surface area (Å²) in [6.45, 7) is 2.15. The van der Waals surface area contributed by atoms with Gasteiger partial charge in [0.25, 0.3) is 0 Å². The molecule has 16 heavy (non-hydrogen) atoms. The molecule has 0 spiro atoms. The van der Waals surface area contributed by atoms with E-state index in [1.807, 2.05) is 24.3 Å². The highest BCUT2D eigenvalue weighted by molar-refractivity contribution is 9.10. The minimum atomic E-state index is 0.807. The standard InChI is InChI=1S/C12H13BrN2S/c1-2-4-10-15-11(12(14)16-10)8-5-3-6-9(13)7-8/h3,5-7H,2,4,14H2,1H3. The van der Waals surface area contributed by atoms with E-state index in [0.29, 0.717) is 0 Å². The van der Waals surface area contributed by atoms with E-state index in [0.717, 1.165) is 38.6 Å². The lowest BCUT2D eigenvalue weighted by Gasteiger charge is -1.98. The Labute approximate surface area is 108 Å². The summed E-state index contributed by atoms with van der Waals surface area (Å²) in [4.78, 5) is 4.58. The van der Waals surface area contributed by atoms with E-state index in [4.69, 9.17) is 5.73 Å². The number of anilines is 1. The lowest BCUT2D eigenvalue weighted by atomic mass is 10.2. The van der Waals surface area contributed by atoms with Gasteiger partial charge in [-0.25, -0.2) is 4.98 Å². The molecular weight excluding hydrogens is 284 g/mol. The third-order valence-electron chi connectivity index (χ3n) is 2.26. The maximum atomic E-state index is 5.99. The minimum absolute atomic E-state index is 0.807. The summed E-state index contributed by atoms with van der Waals surface area (Å²) in [7, 11) is 0. The summed E-state index contributed by atoms with van der Waals surface area (Å²) in [6, 6.07) is 8.07. The van der Waals surface area contributed by atoms with Gasteiger partial charge in [0.2, 0.25) is 0 Å². The van der Waals surface area contributed by atoms with Gasteiger partial charge < -0.3 is 5.73 Å². The van der Waals surface area contributed by atoms with Crippen LogP contribution in [0, 0.1) is 0 Å². The molecule has 0 saturated carbocycles. The van der Waals surface area contributed by atoms with Crippen LogP contribution in [0.5, 0.6) is 0 Å². The number of nitrogens with zero attached hydrogens (tertiary/aromatic N) is 1. The molecular formula is C12H13BrN2S. The van der Waals surface area contributed by atoms with Crippen LogP contribution in [0.15, 0.2) is 28.7 Å². The first kappa shape index (κ1) is 11.6. The predicted octanol–water partition coefficient (Wildman–Crippen LogP) is 4.11. The van der Waals surface area contributed by atoms with Gasteiger partial charge in [0.1, 0.15) is 10.7 Å². The van der Waals surface area contributed by atoms with Crippen molar-refractivity contribution >= 4 is 32.3 Å². The van der Waals surface area contributed by atoms with Crippen LogP contribution in [0.2, 0.25) is 0 Å². The van der Waals surface area contributed by atoms with Crippen LogP contribution >= 0.6 is 27.3 Å². The first-order valence-corrected chi connectivity index (χ1v) is 6.82. The molecule has 0 amide bonds. The number of rotatable bonds is 3. The van der Waals surface area contributed by atoms with Gasteiger partial charge in [-0.15, -0.1) is 11.3 Å². The predicted molar refractivity (Wildman–Crippen MR) is 73.7 cm³/mol. The van der Waals surface area contributed by atoms with E-state index in [1.54, 1.807) is 11.3 Å². The summed E-state index contributed by atoms with van der Waals surface area (Å²) >= 11 is 5.05. The van der Waals surface area contributed by atoms with Crippen molar-refractivity contribution in [3.8, 4) is 11.3 Å². The first-order chi connectivity index (χ1) is 7.70. The molecule has 2 N–H and O–H groups in total. The van der Waals surface area contributed by atoms with Crippen LogP contribution < -0.4 is 5.73 Å². The topological polar surface area (TPSA) is 38.9 Å². The molecule has 0 unspecified atom stereocenters. The second-order valence-electron chi connectivity index (χ2n) is 3.58. The first-order valence-electron chi connectivity index (χ1n) is 5.22. The molecule has 2 rings (SSSR count). The summed E-state index contributed by atoms with van der Waals surface area (Å²) < 4.78 is 1.05. The van der Waals surface area contributed by atoms with Crippen molar-refractivity contribution in [2.24, 2.45) is 0 Å². The van der Waals surface area contributed by atoms with E-state index in [-0.39, 0.29) is 0 Å². The molecule has 0 aliphatic heterocycles. The molecule has 0 bridgehead atoms.